The fourth-order valence-electron chi connectivity index (χ4n) is 1.90. The lowest BCUT2D eigenvalue weighted by atomic mass is 10.1. The first-order valence-corrected chi connectivity index (χ1v) is 8.02. The van der Waals surface area contributed by atoms with E-state index in [9.17, 15) is 0 Å². The largest absolute Gasteiger partial charge is 0.497 e. The molecule has 0 fully saturated rings. The van der Waals surface area contributed by atoms with E-state index in [2.05, 4.69) is 12.2 Å². The van der Waals surface area contributed by atoms with Gasteiger partial charge in [0.05, 0.1) is 14.2 Å². The molecule has 0 bridgehead atoms. The lowest BCUT2D eigenvalue weighted by molar-refractivity contribution is 0.296. The molecule has 0 aliphatic rings. The highest BCUT2D eigenvalue weighted by molar-refractivity contribution is 7.99. The third-order valence-corrected chi connectivity index (χ3v) is 4.12. The lowest BCUT2D eigenvalue weighted by Gasteiger charge is -2.18. The summed E-state index contributed by atoms with van der Waals surface area (Å²) in [6, 6.07) is 6.12. The zero-order valence-corrected chi connectivity index (χ0v) is 13.3. The smallest absolute Gasteiger partial charge is 0.127 e. The maximum absolute atomic E-state index is 8.71. The van der Waals surface area contributed by atoms with E-state index in [1.165, 1.54) is 0 Å². The highest BCUT2D eigenvalue weighted by atomic mass is 32.2. The van der Waals surface area contributed by atoms with E-state index >= 15 is 0 Å². The van der Waals surface area contributed by atoms with Crippen LogP contribution in [-0.2, 0) is 0 Å². The Hall–Kier alpha value is -0.910. The molecule has 20 heavy (non-hydrogen) atoms. The molecule has 2 N–H and O–H groups in total. The summed E-state index contributed by atoms with van der Waals surface area (Å²) in [7, 11) is 3.33. The van der Waals surface area contributed by atoms with E-state index in [4.69, 9.17) is 14.6 Å². The van der Waals surface area contributed by atoms with Crippen LogP contribution >= 0.6 is 11.8 Å². The number of hydrogen-bond donors (Lipinski definition) is 2. The van der Waals surface area contributed by atoms with Crippen LogP contribution in [0, 0.1) is 0 Å². The summed E-state index contributed by atoms with van der Waals surface area (Å²) in [5.74, 6) is 3.70. The van der Waals surface area contributed by atoms with Crippen LogP contribution in [0.25, 0.3) is 0 Å². The van der Waals surface area contributed by atoms with Crippen molar-refractivity contribution in [2.24, 2.45) is 0 Å². The summed E-state index contributed by atoms with van der Waals surface area (Å²) >= 11 is 1.86. The minimum absolute atomic E-state index is 0.231. The number of ether oxygens (including phenoxy) is 2. The van der Waals surface area contributed by atoms with Crippen molar-refractivity contribution in [3.8, 4) is 11.5 Å². The van der Waals surface area contributed by atoms with Gasteiger partial charge in [-0.25, -0.2) is 0 Å². The molecule has 0 spiro atoms. The Morgan fingerprint density at radius 1 is 1.25 bits per heavy atom. The third kappa shape index (κ3) is 5.61. The highest BCUT2D eigenvalue weighted by Crippen LogP contribution is 2.29. The second-order valence-corrected chi connectivity index (χ2v) is 5.70. The van der Waals surface area contributed by atoms with Crippen molar-refractivity contribution in [1.82, 2.24) is 5.32 Å². The predicted octanol–water partition coefficient (Wildman–Crippen LogP) is 2.47. The first-order chi connectivity index (χ1) is 9.72. The van der Waals surface area contributed by atoms with Gasteiger partial charge in [0.2, 0.25) is 0 Å². The molecular formula is C15H25NO3S. The zero-order valence-electron chi connectivity index (χ0n) is 12.5. The molecule has 0 radical (unpaired) electrons. The van der Waals surface area contributed by atoms with Crippen LogP contribution in [0.2, 0.25) is 0 Å². The van der Waals surface area contributed by atoms with Crippen molar-refractivity contribution < 1.29 is 14.6 Å². The summed E-state index contributed by atoms with van der Waals surface area (Å²) in [5, 5.41) is 12.2. The number of methoxy groups -OCH3 is 2. The molecule has 0 heterocycles. The van der Waals surface area contributed by atoms with Gasteiger partial charge in [-0.05, 0) is 25.2 Å². The Bertz CT molecular complexity index is 387. The van der Waals surface area contributed by atoms with Gasteiger partial charge in [0.25, 0.3) is 0 Å². The number of nitrogens with one attached hydrogen (secondary N) is 1. The first-order valence-electron chi connectivity index (χ1n) is 6.86. The van der Waals surface area contributed by atoms with Crippen LogP contribution in [0.15, 0.2) is 18.2 Å². The maximum atomic E-state index is 8.71. The number of hydrogen-bond acceptors (Lipinski definition) is 5. The summed E-state index contributed by atoms with van der Waals surface area (Å²) < 4.78 is 10.6. The standard InChI is InChI=1S/C15H25NO3S/c1-12(16-7-10-20-9-4-8-17)14-6-5-13(18-2)11-15(14)19-3/h5-6,11-12,16-17H,4,7-10H2,1-3H3. The second-order valence-electron chi connectivity index (χ2n) is 4.47. The Balaban J connectivity index is 2.44. The quantitative estimate of drug-likeness (QED) is 0.650. The molecule has 0 aliphatic carbocycles. The van der Waals surface area contributed by atoms with Crippen LogP contribution in [0.5, 0.6) is 11.5 Å². The fourth-order valence-corrected chi connectivity index (χ4v) is 2.70. The minimum Gasteiger partial charge on any atom is -0.497 e. The number of aliphatic hydroxyl groups is 1. The van der Waals surface area contributed by atoms with Gasteiger partial charge >= 0.3 is 0 Å². The average Bonchev–Trinajstić information content (AvgIpc) is 2.49. The average molecular weight is 299 g/mol. The van der Waals surface area contributed by atoms with Gasteiger partial charge in [-0.3, -0.25) is 0 Å². The molecule has 5 heteroatoms. The summed E-state index contributed by atoms with van der Waals surface area (Å²) in [5.41, 5.74) is 1.13. The third-order valence-electron chi connectivity index (χ3n) is 3.05. The normalized spacial score (nSPS) is 12.2. The molecule has 1 aromatic carbocycles. The molecule has 4 nitrogen and oxygen atoms in total. The Labute approximate surface area is 125 Å². The van der Waals surface area contributed by atoms with E-state index in [-0.39, 0.29) is 12.6 Å². The molecule has 0 aliphatic heterocycles. The van der Waals surface area contributed by atoms with Gasteiger partial charge in [-0.15, -0.1) is 0 Å². The summed E-state index contributed by atoms with van der Waals surface area (Å²) in [6.07, 6.45) is 0.868. The molecular weight excluding hydrogens is 274 g/mol. The Kier molecular flexibility index (Phi) is 8.49. The minimum atomic E-state index is 0.231. The van der Waals surface area contributed by atoms with Gasteiger partial charge in [0, 0.05) is 36.6 Å². The highest BCUT2D eigenvalue weighted by Gasteiger charge is 2.11. The van der Waals surface area contributed by atoms with Crippen LogP contribution in [0.4, 0.5) is 0 Å². The van der Waals surface area contributed by atoms with E-state index in [1.54, 1.807) is 14.2 Å². The molecule has 114 valence electrons. The molecule has 1 unspecified atom stereocenters. The van der Waals surface area contributed by atoms with Crippen molar-refractivity contribution >= 4 is 11.8 Å². The van der Waals surface area contributed by atoms with Gasteiger partial charge in [0.15, 0.2) is 0 Å². The van der Waals surface area contributed by atoms with Crippen molar-refractivity contribution in [3.63, 3.8) is 0 Å². The fraction of sp³-hybridized carbons (Fsp3) is 0.600. The van der Waals surface area contributed by atoms with Gasteiger partial charge in [0.1, 0.15) is 11.5 Å². The van der Waals surface area contributed by atoms with Gasteiger partial charge < -0.3 is 19.9 Å². The van der Waals surface area contributed by atoms with E-state index < -0.39 is 0 Å². The summed E-state index contributed by atoms with van der Waals surface area (Å²) in [6.45, 7) is 3.34. The van der Waals surface area contributed by atoms with Crippen molar-refractivity contribution in [3.05, 3.63) is 23.8 Å². The SMILES string of the molecule is COc1ccc(C(C)NCCSCCCO)c(OC)c1. The second kappa shape index (κ2) is 9.91. The van der Waals surface area contributed by atoms with Gasteiger partial charge in [-0.2, -0.15) is 11.8 Å². The van der Waals surface area contributed by atoms with Crippen molar-refractivity contribution in [1.29, 1.82) is 0 Å². The Morgan fingerprint density at radius 2 is 2.05 bits per heavy atom. The molecule has 0 aromatic heterocycles. The van der Waals surface area contributed by atoms with E-state index in [0.29, 0.717) is 0 Å². The monoisotopic (exact) mass is 299 g/mol. The topological polar surface area (TPSA) is 50.7 Å². The van der Waals surface area contributed by atoms with E-state index in [0.717, 1.165) is 41.5 Å². The summed E-state index contributed by atoms with van der Waals surface area (Å²) in [4.78, 5) is 0. The Morgan fingerprint density at radius 3 is 2.70 bits per heavy atom. The van der Waals surface area contributed by atoms with Crippen LogP contribution in [-0.4, -0.2) is 44.0 Å². The molecule has 1 atom stereocenters. The van der Waals surface area contributed by atoms with Gasteiger partial charge in [-0.1, -0.05) is 6.07 Å². The van der Waals surface area contributed by atoms with Crippen LogP contribution in [0.3, 0.4) is 0 Å². The molecule has 0 amide bonds. The zero-order chi connectivity index (χ0) is 14.8. The number of rotatable bonds is 10. The number of benzene rings is 1. The van der Waals surface area contributed by atoms with E-state index in [1.807, 2.05) is 30.0 Å². The lowest BCUT2D eigenvalue weighted by Crippen LogP contribution is -2.22. The predicted molar refractivity (Wildman–Crippen MR) is 85.0 cm³/mol. The maximum Gasteiger partial charge on any atom is 0.127 e. The molecule has 0 saturated carbocycles. The number of thioether (sulfide) groups is 1. The van der Waals surface area contributed by atoms with Crippen LogP contribution in [0.1, 0.15) is 24.9 Å². The molecule has 0 saturated heterocycles. The number of aliphatic hydroxyl groups excluding tert-OH is 1. The molecule has 1 aromatic rings. The molecule has 1 rings (SSSR count). The first kappa shape index (κ1) is 17.1. The van der Waals surface area contributed by atoms with Crippen molar-refractivity contribution in [2.75, 3.05) is 38.9 Å². The van der Waals surface area contributed by atoms with Crippen molar-refractivity contribution in [2.45, 2.75) is 19.4 Å². The van der Waals surface area contributed by atoms with Crippen LogP contribution < -0.4 is 14.8 Å².